The molecule has 2 aromatic carbocycles. The first-order chi connectivity index (χ1) is 12.9. The fourth-order valence-corrected chi connectivity index (χ4v) is 3.20. The Kier molecular flexibility index (Phi) is 5.33. The molecule has 6 heteroatoms. The van der Waals surface area contributed by atoms with E-state index in [0.717, 1.165) is 34.1 Å². The van der Waals surface area contributed by atoms with Gasteiger partial charge >= 0.3 is 5.97 Å². The maximum Gasteiger partial charge on any atom is 0.337 e. The molecule has 0 fully saturated rings. The first-order valence-corrected chi connectivity index (χ1v) is 8.69. The van der Waals surface area contributed by atoms with Crippen LogP contribution < -0.4 is 4.74 Å². The monoisotopic (exact) mass is 382 g/mol. The number of benzene rings is 2. The van der Waals surface area contributed by atoms with Crippen LogP contribution in [0.5, 0.6) is 5.75 Å². The van der Waals surface area contributed by atoms with Crippen molar-refractivity contribution in [3.8, 4) is 11.4 Å². The molecule has 0 saturated heterocycles. The van der Waals surface area contributed by atoms with Gasteiger partial charge in [-0.25, -0.2) is 4.79 Å². The van der Waals surface area contributed by atoms with Gasteiger partial charge in [-0.05, 0) is 62.4 Å². The maximum absolute atomic E-state index is 11.2. The van der Waals surface area contributed by atoms with Crippen molar-refractivity contribution >= 4 is 29.5 Å². The number of hydrogen-bond acceptors (Lipinski definition) is 3. The molecular formula is C21H19ClN2O3. The van der Waals surface area contributed by atoms with E-state index in [0.29, 0.717) is 0 Å². The minimum absolute atomic E-state index is 0.0872. The van der Waals surface area contributed by atoms with E-state index in [1.807, 2.05) is 55.0 Å². The zero-order chi connectivity index (χ0) is 19.6. The molecular weight excluding hydrogens is 364 g/mol. The molecule has 27 heavy (non-hydrogen) atoms. The quantitative estimate of drug-likeness (QED) is 0.616. The third kappa shape index (κ3) is 3.88. The molecule has 1 heterocycles. The number of aliphatic imine (C=N–C) groups is 1. The van der Waals surface area contributed by atoms with E-state index in [4.69, 9.17) is 21.4 Å². The molecule has 0 aliphatic rings. The Balaban J connectivity index is 1.93. The van der Waals surface area contributed by atoms with E-state index in [2.05, 4.69) is 4.99 Å². The van der Waals surface area contributed by atoms with Gasteiger partial charge in [0.25, 0.3) is 0 Å². The van der Waals surface area contributed by atoms with E-state index in [1.165, 1.54) is 6.07 Å². The summed E-state index contributed by atoms with van der Waals surface area (Å²) in [6.07, 6.45) is 1.81. The van der Waals surface area contributed by atoms with Crippen molar-refractivity contribution < 1.29 is 14.6 Å². The van der Waals surface area contributed by atoms with Crippen LogP contribution in [0.1, 0.15) is 27.3 Å². The number of ether oxygens (including phenoxy) is 1. The van der Waals surface area contributed by atoms with Gasteiger partial charge in [-0.2, -0.15) is 0 Å². The predicted octanol–water partition coefficient (Wildman–Crippen LogP) is 5.20. The lowest BCUT2D eigenvalue weighted by Gasteiger charge is -2.11. The first kappa shape index (κ1) is 18.7. The molecule has 0 amide bonds. The normalized spacial score (nSPS) is 11.1. The van der Waals surface area contributed by atoms with Gasteiger partial charge in [0.1, 0.15) is 5.75 Å². The lowest BCUT2D eigenvalue weighted by molar-refractivity contribution is 0.0697. The molecule has 138 valence electrons. The summed E-state index contributed by atoms with van der Waals surface area (Å²) in [7, 11) is 1.63. The predicted molar refractivity (Wildman–Crippen MR) is 107 cm³/mol. The van der Waals surface area contributed by atoms with Crippen molar-refractivity contribution in [1.82, 2.24) is 4.57 Å². The second-order valence-electron chi connectivity index (χ2n) is 6.09. The molecule has 0 bridgehead atoms. The molecule has 3 rings (SSSR count). The van der Waals surface area contributed by atoms with Gasteiger partial charge in [0, 0.05) is 28.9 Å². The largest absolute Gasteiger partial charge is 0.497 e. The first-order valence-electron chi connectivity index (χ1n) is 8.31. The van der Waals surface area contributed by atoms with E-state index >= 15 is 0 Å². The van der Waals surface area contributed by atoms with E-state index < -0.39 is 5.97 Å². The molecule has 0 unspecified atom stereocenters. The highest BCUT2D eigenvalue weighted by Crippen LogP contribution is 2.25. The fraction of sp³-hybridized carbons (Fsp3) is 0.143. The summed E-state index contributed by atoms with van der Waals surface area (Å²) in [4.78, 5) is 15.7. The van der Waals surface area contributed by atoms with E-state index in [1.54, 1.807) is 19.2 Å². The SMILES string of the molecule is COc1ccc(N=Cc2cc(C)n(-c3ccc(C(=O)O)c(Cl)c3)c2C)cc1. The summed E-state index contributed by atoms with van der Waals surface area (Å²) in [5, 5.41) is 9.34. The van der Waals surface area contributed by atoms with E-state index in [-0.39, 0.29) is 10.6 Å². The fourth-order valence-electron chi connectivity index (χ4n) is 2.94. The number of carboxylic acids is 1. The zero-order valence-electron chi connectivity index (χ0n) is 15.2. The van der Waals surface area contributed by atoms with Crippen LogP contribution >= 0.6 is 11.6 Å². The van der Waals surface area contributed by atoms with Crippen molar-refractivity contribution in [2.24, 2.45) is 4.99 Å². The number of nitrogens with zero attached hydrogens (tertiary/aromatic N) is 2. The Labute approximate surface area is 162 Å². The third-order valence-corrected chi connectivity index (χ3v) is 4.65. The zero-order valence-corrected chi connectivity index (χ0v) is 16.0. The molecule has 0 spiro atoms. The minimum Gasteiger partial charge on any atom is -0.497 e. The lowest BCUT2D eigenvalue weighted by atomic mass is 10.2. The number of methoxy groups -OCH3 is 1. The number of carboxylic acid groups (broad SMARTS) is 1. The van der Waals surface area contributed by atoms with Crippen LogP contribution in [0.25, 0.3) is 5.69 Å². The summed E-state index contributed by atoms with van der Waals surface area (Å²) in [6.45, 7) is 3.97. The molecule has 3 aromatic rings. The van der Waals surface area contributed by atoms with Crippen LogP contribution in [-0.2, 0) is 0 Å². The van der Waals surface area contributed by atoms with Crippen LogP contribution in [0.15, 0.2) is 53.5 Å². The lowest BCUT2D eigenvalue weighted by Crippen LogP contribution is -2.02. The number of rotatable bonds is 5. The van der Waals surface area contributed by atoms with Crippen LogP contribution in [0.4, 0.5) is 5.69 Å². The topological polar surface area (TPSA) is 63.8 Å². The molecule has 0 radical (unpaired) electrons. The molecule has 5 nitrogen and oxygen atoms in total. The number of aromatic nitrogens is 1. The molecule has 1 N–H and O–H groups in total. The van der Waals surface area contributed by atoms with Crippen molar-refractivity contribution in [1.29, 1.82) is 0 Å². The Morgan fingerprint density at radius 3 is 2.44 bits per heavy atom. The van der Waals surface area contributed by atoms with Crippen molar-refractivity contribution in [3.63, 3.8) is 0 Å². The van der Waals surface area contributed by atoms with Gasteiger partial charge in [0.05, 0.1) is 23.4 Å². The van der Waals surface area contributed by atoms with Crippen molar-refractivity contribution in [3.05, 3.63) is 76.1 Å². The van der Waals surface area contributed by atoms with Gasteiger partial charge in [0.15, 0.2) is 0 Å². The van der Waals surface area contributed by atoms with Gasteiger partial charge in [-0.3, -0.25) is 4.99 Å². The Morgan fingerprint density at radius 2 is 1.85 bits per heavy atom. The van der Waals surface area contributed by atoms with Crippen LogP contribution in [0.2, 0.25) is 5.02 Å². The van der Waals surface area contributed by atoms with Crippen LogP contribution in [-0.4, -0.2) is 29.0 Å². The highest BCUT2D eigenvalue weighted by molar-refractivity contribution is 6.33. The number of aryl methyl sites for hydroxylation is 1. The van der Waals surface area contributed by atoms with Gasteiger partial charge < -0.3 is 14.4 Å². The maximum atomic E-state index is 11.2. The average Bonchev–Trinajstić information content (AvgIpc) is 2.93. The molecule has 1 aromatic heterocycles. The smallest absolute Gasteiger partial charge is 0.337 e. The second kappa shape index (κ2) is 7.68. The van der Waals surface area contributed by atoms with Crippen molar-refractivity contribution in [2.45, 2.75) is 13.8 Å². The average molecular weight is 383 g/mol. The molecule has 0 aliphatic carbocycles. The highest BCUT2D eigenvalue weighted by atomic mass is 35.5. The Hall–Kier alpha value is -3.05. The highest BCUT2D eigenvalue weighted by Gasteiger charge is 2.13. The number of aromatic carboxylic acids is 1. The summed E-state index contributed by atoms with van der Waals surface area (Å²) in [5.74, 6) is -0.256. The molecule has 0 atom stereocenters. The summed E-state index contributed by atoms with van der Waals surface area (Å²) in [6, 6.07) is 14.5. The standard InChI is InChI=1S/C21H19ClN2O3/c1-13-10-15(12-23-16-4-7-18(27-3)8-5-16)14(2)24(13)17-6-9-19(21(25)26)20(22)11-17/h4-12H,1-3H3,(H,25,26). The number of halogens is 1. The number of carbonyl (C=O) groups is 1. The summed E-state index contributed by atoms with van der Waals surface area (Å²) in [5.41, 5.74) is 4.69. The van der Waals surface area contributed by atoms with Gasteiger partial charge in [0.2, 0.25) is 0 Å². The molecule has 0 saturated carbocycles. The minimum atomic E-state index is -1.04. The Bertz CT molecular complexity index is 1020. The second-order valence-corrected chi connectivity index (χ2v) is 6.49. The Morgan fingerprint density at radius 1 is 1.15 bits per heavy atom. The van der Waals surface area contributed by atoms with Crippen molar-refractivity contribution in [2.75, 3.05) is 7.11 Å². The van der Waals surface area contributed by atoms with Crippen LogP contribution in [0.3, 0.4) is 0 Å². The number of hydrogen-bond donors (Lipinski definition) is 1. The summed E-state index contributed by atoms with van der Waals surface area (Å²) < 4.78 is 7.17. The van der Waals surface area contributed by atoms with Gasteiger partial charge in [-0.1, -0.05) is 11.6 Å². The van der Waals surface area contributed by atoms with E-state index in [9.17, 15) is 4.79 Å². The van der Waals surface area contributed by atoms with Gasteiger partial charge in [-0.15, -0.1) is 0 Å². The molecule has 0 aliphatic heterocycles. The van der Waals surface area contributed by atoms with Crippen LogP contribution in [0, 0.1) is 13.8 Å². The summed E-state index contributed by atoms with van der Waals surface area (Å²) >= 11 is 6.12. The third-order valence-electron chi connectivity index (χ3n) is 4.34.